The van der Waals surface area contributed by atoms with Gasteiger partial charge in [-0.2, -0.15) is 0 Å². The molecule has 0 atom stereocenters. The van der Waals surface area contributed by atoms with Gasteiger partial charge in [0.15, 0.2) is 5.82 Å². The minimum Gasteiger partial charge on any atom is -0.329 e. The molecular formula is C13H21N5. The zero-order valence-corrected chi connectivity index (χ0v) is 10.7. The van der Waals surface area contributed by atoms with Crippen LogP contribution in [0.2, 0.25) is 0 Å². The van der Waals surface area contributed by atoms with Crippen LogP contribution in [-0.2, 0) is 6.54 Å². The van der Waals surface area contributed by atoms with Gasteiger partial charge in [0.25, 0.3) is 0 Å². The molecule has 5 heteroatoms. The molecule has 1 aromatic heterocycles. The summed E-state index contributed by atoms with van der Waals surface area (Å²) in [6.07, 6.45) is 7.13. The van der Waals surface area contributed by atoms with Gasteiger partial charge in [-0.25, -0.2) is 4.68 Å². The molecule has 0 unspecified atom stereocenters. The fourth-order valence-electron chi connectivity index (χ4n) is 5.08. The summed E-state index contributed by atoms with van der Waals surface area (Å²) in [5.41, 5.74) is 5.65. The van der Waals surface area contributed by atoms with E-state index in [-0.39, 0.29) is 0 Å². The van der Waals surface area contributed by atoms with Crippen LogP contribution in [0.3, 0.4) is 0 Å². The third-order valence-electron chi connectivity index (χ3n) is 5.43. The number of nitrogens with two attached hydrogens (primary N) is 1. The van der Waals surface area contributed by atoms with E-state index < -0.39 is 0 Å². The Labute approximate surface area is 107 Å². The Morgan fingerprint density at radius 2 is 1.72 bits per heavy atom. The molecule has 4 saturated carbocycles. The summed E-state index contributed by atoms with van der Waals surface area (Å²) in [7, 11) is 0. The molecule has 1 heterocycles. The first-order chi connectivity index (χ1) is 8.85. The Balaban J connectivity index is 1.66. The molecule has 4 aliphatic rings. The lowest BCUT2D eigenvalue weighted by Crippen LogP contribution is -2.44. The Kier molecular flexibility index (Phi) is 2.43. The number of tetrazole rings is 1. The summed E-state index contributed by atoms with van der Waals surface area (Å²) >= 11 is 0. The quantitative estimate of drug-likeness (QED) is 0.870. The van der Waals surface area contributed by atoms with E-state index in [2.05, 4.69) is 15.5 Å². The van der Waals surface area contributed by atoms with E-state index in [9.17, 15) is 0 Å². The fraction of sp³-hybridized carbons (Fsp3) is 0.923. The minimum atomic E-state index is 0.611. The zero-order valence-electron chi connectivity index (χ0n) is 10.7. The average Bonchev–Trinajstić information content (AvgIpc) is 2.76. The van der Waals surface area contributed by atoms with Crippen molar-refractivity contribution in [3.05, 3.63) is 5.82 Å². The Morgan fingerprint density at radius 1 is 1.06 bits per heavy atom. The van der Waals surface area contributed by atoms with E-state index >= 15 is 0 Å². The molecular weight excluding hydrogens is 226 g/mol. The van der Waals surface area contributed by atoms with Gasteiger partial charge < -0.3 is 5.73 Å². The molecule has 4 fully saturated rings. The molecule has 0 radical (unpaired) electrons. The van der Waals surface area contributed by atoms with E-state index in [0.29, 0.717) is 12.5 Å². The summed E-state index contributed by atoms with van der Waals surface area (Å²) < 4.78 is 1.95. The Bertz CT molecular complexity index is 412. The molecule has 5 nitrogen and oxygen atoms in total. The van der Waals surface area contributed by atoms with Crippen LogP contribution in [0.1, 0.15) is 43.8 Å². The van der Waals surface area contributed by atoms with E-state index in [1.54, 1.807) is 0 Å². The van der Waals surface area contributed by atoms with Gasteiger partial charge in [-0.15, -0.1) is 5.10 Å². The molecule has 2 N–H and O–H groups in total. The standard InChI is InChI=1S/C13H21N5/c14-1-2-18-13(15-16-17-18)12-10-4-8-3-9(6-10)7-11(12)5-8/h8-12H,1-7,14H2. The van der Waals surface area contributed by atoms with E-state index in [1.165, 1.54) is 32.1 Å². The average molecular weight is 247 g/mol. The molecule has 18 heavy (non-hydrogen) atoms. The lowest BCUT2D eigenvalue weighted by molar-refractivity contribution is -0.00713. The van der Waals surface area contributed by atoms with Crippen LogP contribution in [0.25, 0.3) is 0 Å². The summed E-state index contributed by atoms with van der Waals surface area (Å²) in [5.74, 6) is 5.41. The maximum atomic E-state index is 5.65. The second-order valence-corrected chi connectivity index (χ2v) is 6.51. The lowest BCUT2D eigenvalue weighted by Gasteiger charge is -2.53. The first-order valence-corrected chi connectivity index (χ1v) is 7.31. The third kappa shape index (κ3) is 1.53. The first-order valence-electron chi connectivity index (χ1n) is 7.31. The van der Waals surface area contributed by atoms with Gasteiger partial charge >= 0.3 is 0 Å². The zero-order chi connectivity index (χ0) is 12.1. The van der Waals surface area contributed by atoms with Crippen molar-refractivity contribution in [2.75, 3.05) is 6.54 Å². The van der Waals surface area contributed by atoms with Gasteiger partial charge in [0.2, 0.25) is 0 Å². The van der Waals surface area contributed by atoms with Crippen molar-refractivity contribution in [3.8, 4) is 0 Å². The highest BCUT2D eigenvalue weighted by molar-refractivity contribution is 5.09. The molecule has 5 rings (SSSR count). The highest BCUT2D eigenvalue weighted by atomic mass is 15.5. The summed E-state index contributed by atoms with van der Waals surface area (Å²) in [4.78, 5) is 0. The maximum Gasteiger partial charge on any atom is 0.154 e. The van der Waals surface area contributed by atoms with Crippen LogP contribution in [0.4, 0.5) is 0 Å². The second-order valence-electron chi connectivity index (χ2n) is 6.51. The van der Waals surface area contributed by atoms with Gasteiger partial charge in [0.1, 0.15) is 0 Å². The second kappa shape index (κ2) is 4.02. The van der Waals surface area contributed by atoms with Crippen LogP contribution < -0.4 is 5.73 Å². The molecule has 0 spiro atoms. The third-order valence-corrected chi connectivity index (χ3v) is 5.43. The van der Waals surface area contributed by atoms with E-state index in [1.807, 2.05) is 4.68 Å². The van der Waals surface area contributed by atoms with Crippen molar-refractivity contribution in [2.24, 2.45) is 29.4 Å². The molecule has 98 valence electrons. The topological polar surface area (TPSA) is 69.6 Å². The maximum absolute atomic E-state index is 5.65. The Hall–Kier alpha value is -0.970. The van der Waals surface area contributed by atoms with Gasteiger partial charge in [-0.3, -0.25) is 0 Å². The minimum absolute atomic E-state index is 0.611. The van der Waals surface area contributed by atoms with Gasteiger partial charge in [0, 0.05) is 12.5 Å². The predicted molar refractivity (Wildman–Crippen MR) is 66.7 cm³/mol. The van der Waals surface area contributed by atoms with Crippen LogP contribution in [0, 0.1) is 23.7 Å². The number of hydrogen-bond acceptors (Lipinski definition) is 4. The van der Waals surface area contributed by atoms with Gasteiger partial charge in [0.05, 0.1) is 6.54 Å². The van der Waals surface area contributed by atoms with Crippen molar-refractivity contribution < 1.29 is 0 Å². The monoisotopic (exact) mass is 247 g/mol. The van der Waals surface area contributed by atoms with Crippen molar-refractivity contribution in [2.45, 2.75) is 44.6 Å². The van der Waals surface area contributed by atoms with Crippen LogP contribution in [0.5, 0.6) is 0 Å². The number of aromatic nitrogens is 4. The molecule has 1 aromatic rings. The molecule has 0 saturated heterocycles. The smallest absolute Gasteiger partial charge is 0.154 e. The Morgan fingerprint density at radius 3 is 2.33 bits per heavy atom. The normalized spacial score (nSPS) is 41.5. The van der Waals surface area contributed by atoms with E-state index in [0.717, 1.165) is 36.0 Å². The van der Waals surface area contributed by atoms with Gasteiger partial charge in [-0.1, -0.05) is 0 Å². The number of nitrogens with zero attached hydrogens (tertiary/aromatic N) is 4. The fourth-order valence-corrected chi connectivity index (χ4v) is 5.08. The van der Waals surface area contributed by atoms with Crippen molar-refractivity contribution in [1.82, 2.24) is 20.2 Å². The SMILES string of the molecule is NCCn1nnnc1C1C2CC3CC(C2)CC1C3. The summed E-state index contributed by atoms with van der Waals surface area (Å²) in [6, 6.07) is 0. The summed E-state index contributed by atoms with van der Waals surface area (Å²) in [5, 5.41) is 12.3. The largest absolute Gasteiger partial charge is 0.329 e. The van der Waals surface area contributed by atoms with Crippen LogP contribution >= 0.6 is 0 Å². The van der Waals surface area contributed by atoms with Gasteiger partial charge in [-0.05, 0) is 66.2 Å². The predicted octanol–water partition coefficient (Wildman–Crippen LogP) is 1.17. The highest BCUT2D eigenvalue weighted by Gasteiger charge is 2.50. The molecule has 0 amide bonds. The van der Waals surface area contributed by atoms with Crippen LogP contribution in [-0.4, -0.2) is 26.8 Å². The molecule has 4 bridgehead atoms. The van der Waals surface area contributed by atoms with E-state index in [4.69, 9.17) is 5.73 Å². The van der Waals surface area contributed by atoms with Crippen molar-refractivity contribution in [1.29, 1.82) is 0 Å². The molecule has 4 aliphatic carbocycles. The van der Waals surface area contributed by atoms with Crippen molar-refractivity contribution in [3.63, 3.8) is 0 Å². The first kappa shape index (κ1) is 10.9. The number of rotatable bonds is 3. The van der Waals surface area contributed by atoms with Crippen molar-refractivity contribution >= 4 is 0 Å². The molecule has 0 aliphatic heterocycles. The van der Waals surface area contributed by atoms with Crippen LogP contribution in [0.15, 0.2) is 0 Å². The number of hydrogen-bond donors (Lipinski definition) is 1. The lowest BCUT2D eigenvalue weighted by atomic mass is 9.51. The summed E-state index contributed by atoms with van der Waals surface area (Å²) in [6.45, 7) is 1.37. The highest BCUT2D eigenvalue weighted by Crippen LogP contribution is 2.59. The molecule has 0 aromatic carbocycles.